The van der Waals surface area contributed by atoms with Crippen LogP contribution in [0.15, 0.2) is 18.2 Å². The molecule has 0 aliphatic carbocycles. The normalized spacial score (nSPS) is 10.7. The van der Waals surface area contributed by atoms with Gasteiger partial charge in [0, 0.05) is 17.5 Å². The van der Waals surface area contributed by atoms with Crippen LogP contribution in [0.25, 0.3) is 6.08 Å². The van der Waals surface area contributed by atoms with E-state index in [1.807, 2.05) is 25.3 Å². The van der Waals surface area contributed by atoms with E-state index in [0.717, 1.165) is 17.5 Å². The lowest BCUT2D eigenvalue weighted by molar-refractivity contribution is -0.131. The first-order chi connectivity index (χ1) is 8.13. The van der Waals surface area contributed by atoms with E-state index in [9.17, 15) is 4.79 Å². The van der Waals surface area contributed by atoms with Gasteiger partial charge >= 0.3 is 5.97 Å². The van der Waals surface area contributed by atoms with Crippen molar-refractivity contribution in [2.45, 2.75) is 6.92 Å². The summed E-state index contributed by atoms with van der Waals surface area (Å²) in [5.41, 5.74) is 1.38. The molecule has 0 saturated heterocycles. The van der Waals surface area contributed by atoms with Crippen molar-refractivity contribution in [3.8, 4) is 5.75 Å². The Kier molecular flexibility index (Phi) is 5.56. The average Bonchev–Trinajstić information content (AvgIpc) is 2.29. The molecular formula is C12H15NO3S. The van der Waals surface area contributed by atoms with Crippen molar-refractivity contribution in [3.05, 3.63) is 29.6 Å². The summed E-state index contributed by atoms with van der Waals surface area (Å²) < 4.78 is 5.54. The zero-order valence-electron chi connectivity index (χ0n) is 9.84. The molecule has 92 valence electrons. The van der Waals surface area contributed by atoms with Crippen molar-refractivity contribution in [1.29, 1.82) is 0 Å². The van der Waals surface area contributed by atoms with Crippen molar-refractivity contribution in [3.63, 3.8) is 0 Å². The molecule has 1 aromatic rings. The van der Waals surface area contributed by atoms with E-state index in [0.29, 0.717) is 18.1 Å². The van der Waals surface area contributed by atoms with Crippen LogP contribution in [0.5, 0.6) is 5.75 Å². The Morgan fingerprint density at radius 1 is 1.59 bits per heavy atom. The minimum Gasteiger partial charge on any atom is -0.490 e. The summed E-state index contributed by atoms with van der Waals surface area (Å²) >= 11 is 1.69. The number of hydrogen-bond donors (Lipinski definition) is 1. The molecule has 17 heavy (non-hydrogen) atoms. The highest BCUT2D eigenvalue weighted by Crippen LogP contribution is 2.18. The lowest BCUT2D eigenvalue weighted by Gasteiger charge is -2.08. The number of aromatic nitrogens is 1. The van der Waals surface area contributed by atoms with Crippen LogP contribution in [-0.2, 0) is 4.79 Å². The molecule has 0 aliphatic heterocycles. The highest BCUT2D eigenvalue weighted by Gasteiger charge is 2.03. The van der Waals surface area contributed by atoms with Gasteiger partial charge in [0.2, 0.25) is 0 Å². The van der Waals surface area contributed by atoms with Crippen LogP contribution < -0.4 is 4.74 Å². The summed E-state index contributed by atoms with van der Waals surface area (Å²) in [7, 11) is 0. The van der Waals surface area contributed by atoms with Crippen LogP contribution in [0.2, 0.25) is 0 Å². The Balaban J connectivity index is 2.83. The number of ether oxygens (including phenoxy) is 1. The highest BCUT2D eigenvalue weighted by molar-refractivity contribution is 7.98. The molecule has 1 rings (SSSR count). The molecular weight excluding hydrogens is 238 g/mol. The Bertz CT molecular complexity index is 418. The zero-order valence-corrected chi connectivity index (χ0v) is 10.7. The smallest absolute Gasteiger partial charge is 0.328 e. The standard InChI is InChI=1S/C12H15NO3S/c1-9-3-5-11(16-7-8-17-2)10(13-9)4-6-12(14)15/h3-6H,7-8H2,1-2H3,(H,14,15)/b6-4+. The predicted octanol–water partition coefficient (Wildman–Crippen LogP) is 2.23. The lowest BCUT2D eigenvalue weighted by Crippen LogP contribution is -2.02. The Morgan fingerprint density at radius 2 is 2.35 bits per heavy atom. The quantitative estimate of drug-likeness (QED) is 0.622. The fourth-order valence-corrected chi connectivity index (χ4v) is 1.44. The molecule has 1 heterocycles. The minimum absolute atomic E-state index is 0.550. The van der Waals surface area contributed by atoms with Crippen LogP contribution in [0.3, 0.4) is 0 Å². The summed E-state index contributed by atoms with van der Waals surface area (Å²) in [4.78, 5) is 14.7. The Morgan fingerprint density at radius 3 is 3.00 bits per heavy atom. The number of carbonyl (C=O) groups is 1. The van der Waals surface area contributed by atoms with Gasteiger partial charge in [-0.15, -0.1) is 0 Å². The van der Waals surface area contributed by atoms with Crippen LogP contribution >= 0.6 is 11.8 Å². The van der Waals surface area contributed by atoms with Gasteiger partial charge in [-0.25, -0.2) is 9.78 Å². The molecule has 0 bridgehead atoms. The van der Waals surface area contributed by atoms with Crippen LogP contribution in [0.4, 0.5) is 0 Å². The highest BCUT2D eigenvalue weighted by atomic mass is 32.2. The van der Waals surface area contributed by atoms with Gasteiger partial charge in [0.15, 0.2) is 0 Å². The van der Waals surface area contributed by atoms with E-state index in [4.69, 9.17) is 9.84 Å². The van der Waals surface area contributed by atoms with Gasteiger partial charge in [-0.3, -0.25) is 0 Å². The molecule has 0 aromatic carbocycles. The first kappa shape index (κ1) is 13.6. The molecule has 0 aliphatic rings. The maximum absolute atomic E-state index is 10.5. The van der Waals surface area contributed by atoms with Gasteiger partial charge < -0.3 is 9.84 Å². The summed E-state index contributed by atoms with van der Waals surface area (Å²) in [5, 5.41) is 8.59. The molecule has 0 radical (unpaired) electrons. The van der Waals surface area contributed by atoms with Crippen molar-refractivity contribution in [2.75, 3.05) is 18.6 Å². The summed E-state index contributed by atoms with van der Waals surface area (Å²) in [6.07, 6.45) is 4.51. The number of carboxylic acids is 1. The monoisotopic (exact) mass is 253 g/mol. The number of pyridine rings is 1. The number of aliphatic carboxylic acids is 1. The fraction of sp³-hybridized carbons (Fsp3) is 0.333. The van der Waals surface area contributed by atoms with Gasteiger partial charge in [0.1, 0.15) is 11.4 Å². The average molecular weight is 253 g/mol. The third-order valence-corrected chi connectivity index (χ3v) is 2.53. The topological polar surface area (TPSA) is 59.4 Å². The number of nitrogens with zero attached hydrogens (tertiary/aromatic N) is 1. The molecule has 0 saturated carbocycles. The van der Waals surface area contributed by atoms with E-state index in [1.54, 1.807) is 11.8 Å². The minimum atomic E-state index is -0.997. The number of thioether (sulfide) groups is 1. The Labute approximate surface area is 105 Å². The molecule has 4 nitrogen and oxygen atoms in total. The van der Waals surface area contributed by atoms with Gasteiger partial charge in [0.25, 0.3) is 0 Å². The van der Waals surface area contributed by atoms with E-state index >= 15 is 0 Å². The molecule has 0 amide bonds. The first-order valence-electron chi connectivity index (χ1n) is 5.14. The maximum atomic E-state index is 10.5. The van der Waals surface area contributed by atoms with Gasteiger partial charge in [0.05, 0.1) is 6.61 Å². The fourth-order valence-electron chi connectivity index (χ4n) is 1.19. The van der Waals surface area contributed by atoms with Gasteiger partial charge in [-0.2, -0.15) is 11.8 Å². The predicted molar refractivity (Wildman–Crippen MR) is 69.5 cm³/mol. The molecule has 0 unspecified atom stereocenters. The van der Waals surface area contributed by atoms with Crippen LogP contribution in [0, 0.1) is 6.92 Å². The van der Waals surface area contributed by atoms with E-state index < -0.39 is 5.97 Å². The second-order valence-electron chi connectivity index (χ2n) is 3.35. The second-order valence-corrected chi connectivity index (χ2v) is 4.33. The summed E-state index contributed by atoms with van der Waals surface area (Å²) in [6.45, 7) is 2.43. The number of hydrogen-bond acceptors (Lipinski definition) is 4. The van der Waals surface area contributed by atoms with Crippen LogP contribution in [-0.4, -0.2) is 34.7 Å². The SMILES string of the molecule is CSCCOc1ccc(C)nc1/C=C/C(=O)O. The van der Waals surface area contributed by atoms with Gasteiger partial charge in [-0.1, -0.05) is 0 Å². The molecule has 0 fully saturated rings. The number of aryl methyl sites for hydroxylation is 1. The largest absolute Gasteiger partial charge is 0.490 e. The molecule has 1 N–H and O–H groups in total. The number of rotatable bonds is 6. The third kappa shape index (κ3) is 4.91. The van der Waals surface area contributed by atoms with Crippen molar-refractivity contribution < 1.29 is 14.6 Å². The number of carboxylic acid groups (broad SMARTS) is 1. The lowest BCUT2D eigenvalue weighted by atomic mass is 10.2. The van der Waals surface area contributed by atoms with Crippen molar-refractivity contribution >= 4 is 23.8 Å². The summed E-state index contributed by atoms with van der Waals surface area (Å²) in [5.74, 6) is 0.501. The van der Waals surface area contributed by atoms with Crippen molar-refractivity contribution in [2.24, 2.45) is 0 Å². The molecule has 1 aromatic heterocycles. The summed E-state index contributed by atoms with van der Waals surface area (Å²) in [6, 6.07) is 3.65. The van der Waals surface area contributed by atoms with E-state index in [1.165, 1.54) is 6.08 Å². The van der Waals surface area contributed by atoms with E-state index in [2.05, 4.69) is 4.98 Å². The third-order valence-electron chi connectivity index (χ3n) is 1.95. The molecule has 0 atom stereocenters. The molecule has 0 spiro atoms. The first-order valence-corrected chi connectivity index (χ1v) is 6.53. The Hall–Kier alpha value is -1.49. The van der Waals surface area contributed by atoms with E-state index in [-0.39, 0.29) is 0 Å². The second kappa shape index (κ2) is 6.96. The van der Waals surface area contributed by atoms with Crippen molar-refractivity contribution in [1.82, 2.24) is 4.98 Å². The van der Waals surface area contributed by atoms with Crippen LogP contribution in [0.1, 0.15) is 11.4 Å². The molecule has 5 heteroatoms. The zero-order chi connectivity index (χ0) is 12.7. The maximum Gasteiger partial charge on any atom is 0.328 e. The van der Waals surface area contributed by atoms with Gasteiger partial charge in [-0.05, 0) is 31.4 Å².